The van der Waals surface area contributed by atoms with Crippen LogP contribution in [0.25, 0.3) is 11.3 Å². The average molecular weight is 444 g/mol. The number of nitrogens with one attached hydrogen (secondary N) is 1. The van der Waals surface area contributed by atoms with Crippen LogP contribution in [0.15, 0.2) is 35.0 Å². The number of methoxy groups -OCH3 is 2. The Bertz CT molecular complexity index is 1030. The first-order chi connectivity index (χ1) is 14.6. The summed E-state index contributed by atoms with van der Waals surface area (Å²) >= 11 is 3.23. The number of hydrogen-bond acceptors (Lipinski definition) is 7. The van der Waals surface area contributed by atoms with Crippen molar-refractivity contribution in [3.8, 4) is 22.8 Å². The third-order valence-corrected chi connectivity index (χ3v) is 7.13. The molecular formula is C22H25N3O3S2. The second kappa shape index (κ2) is 9.16. The topological polar surface area (TPSA) is 63.7 Å². The average Bonchev–Trinajstić information content (AvgIpc) is 3.42. The van der Waals surface area contributed by atoms with Crippen LogP contribution in [0.4, 0.5) is 5.13 Å². The van der Waals surface area contributed by atoms with Crippen LogP contribution in [0.3, 0.4) is 0 Å². The van der Waals surface area contributed by atoms with Gasteiger partial charge in [0.05, 0.1) is 26.5 Å². The van der Waals surface area contributed by atoms with Crippen LogP contribution in [0.1, 0.15) is 29.8 Å². The summed E-state index contributed by atoms with van der Waals surface area (Å²) in [5, 5.41) is 7.64. The number of aromatic nitrogens is 1. The van der Waals surface area contributed by atoms with Gasteiger partial charge in [-0.2, -0.15) is 0 Å². The molecule has 6 nitrogen and oxygen atoms in total. The second-order valence-corrected chi connectivity index (χ2v) is 8.95. The highest BCUT2D eigenvalue weighted by molar-refractivity contribution is 7.14. The van der Waals surface area contributed by atoms with Gasteiger partial charge in [-0.05, 0) is 42.0 Å². The highest BCUT2D eigenvalue weighted by Gasteiger charge is 2.28. The van der Waals surface area contributed by atoms with E-state index in [0.717, 1.165) is 36.4 Å². The third kappa shape index (κ3) is 4.21. The summed E-state index contributed by atoms with van der Waals surface area (Å²) in [7, 11) is 3.24. The lowest BCUT2D eigenvalue weighted by molar-refractivity contribution is -0.118. The Hall–Kier alpha value is -2.42. The molecule has 30 heavy (non-hydrogen) atoms. The van der Waals surface area contributed by atoms with Crippen LogP contribution in [0.5, 0.6) is 11.5 Å². The molecule has 1 amide bonds. The quantitative estimate of drug-likeness (QED) is 0.566. The molecule has 4 rings (SSSR count). The van der Waals surface area contributed by atoms with Crippen LogP contribution in [-0.2, 0) is 11.2 Å². The monoisotopic (exact) mass is 443 g/mol. The van der Waals surface area contributed by atoms with Crippen LogP contribution < -0.4 is 14.8 Å². The molecule has 0 fully saturated rings. The first-order valence-electron chi connectivity index (χ1n) is 9.91. The molecule has 2 aromatic heterocycles. The van der Waals surface area contributed by atoms with E-state index in [1.807, 2.05) is 34.9 Å². The van der Waals surface area contributed by atoms with E-state index in [4.69, 9.17) is 9.47 Å². The predicted octanol–water partition coefficient (Wildman–Crippen LogP) is 4.84. The molecule has 8 heteroatoms. The molecule has 1 aliphatic heterocycles. The van der Waals surface area contributed by atoms with E-state index in [2.05, 4.69) is 33.6 Å². The molecule has 0 bridgehead atoms. The highest BCUT2D eigenvalue weighted by atomic mass is 32.1. The standard InChI is InChI=1S/C22H25N3O3S2/c1-4-18-16-8-10-29-20(16)7-9-25(18)12-21(26)24-22-23-17(13-30-22)15-6-5-14(27-2)11-19(15)28-3/h5-6,8,10-11,13,18H,4,7,9,12H2,1-3H3,(H,23,24,26). The van der Waals surface area contributed by atoms with Gasteiger partial charge in [-0.25, -0.2) is 4.98 Å². The normalized spacial score (nSPS) is 16.2. The predicted molar refractivity (Wildman–Crippen MR) is 122 cm³/mol. The lowest BCUT2D eigenvalue weighted by Gasteiger charge is -2.34. The molecule has 0 radical (unpaired) electrons. The van der Waals surface area contributed by atoms with Crippen LogP contribution in [-0.4, -0.2) is 43.1 Å². The number of amides is 1. The second-order valence-electron chi connectivity index (χ2n) is 7.10. The van der Waals surface area contributed by atoms with Crippen LogP contribution in [0.2, 0.25) is 0 Å². The molecule has 0 aliphatic carbocycles. The molecule has 0 saturated carbocycles. The first-order valence-corrected chi connectivity index (χ1v) is 11.7. The highest BCUT2D eigenvalue weighted by Crippen LogP contribution is 2.36. The van der Waals surface area contributed by atoms with Gasteiger partial charge >= 0.3 is 0 Å². The number of thiazole rings is 1. The number of rotatable bonds is 7. The Labute approximate surface area is 184 Å². The number of nitrogens with zero attached hydrogens (tertiary/aromatic N) is 2. The fraction of sp³-hybridized carbons (Fsp3) is 0.364. The molecule has 3 aromatic rings. The largest absolute Gasteiger partial charge is 0.497 e. The van der Waals surface area contributed by atoms with Crippen molar-refractivity contribution in [3.05, 3.63) is 45.5 Å². The van der Waals surface area contributed by atoms with Crippen molar-refractivity contribution >= 4 is 33.7 Å². The minimum absolute atomic E-state index is 0.0327. The zero-order valence-corrected chi connectivity index (χ0v) is 18.9. The van der Waals surface area contributed by atoms with Crippen molar-refractivity contribution in [1.82, 2.24) is 9.88 Å². The lowest BCUT2D eigenvalue weighted by atomic mass is 9.98. The Balaban J connectivity index is 1.44. The van der Waals surface area contributed by atoms with Gasteiger partial charge in [0, 0.05) is 34.5 Å². The van der Waals surface area contributed by atoms with Gasteiger partial charge in [0.2, 0.25) is 5.91 Å². The van der Waals surface area contributed by atoms with Gasteiger partial charge in [0.1, 0.15) is 11.5 Å². The van der Waals surface area contributed by atoms with Gasteiger partial charge in [0.15, 0.2) is 5.13 Å². The SMILES string of the molecule is CCC1c2ccsc2CCN1CC(=O)Nc1nc(-c2ccc(OC)cc2OC)cs1. The Morgan fingerprint density at radius 1 is 1.27 bits per heavy atom. The number of carbonyl (C=O) groups excluding carboxylic acids is 1. The third-order valence-electron chi connectivity index (χ3n) is 5.37. The summed E-state index contributed by atoms with van der Waals surface area (Å²) in [6.07, 6.45) is 2.01. The van der Waals surface area contributed by atoms with Crippen LogP contribution >= 0.6 is 22.7 Å². The number of carbonyl (C=O) groups is 1. The van der Waals surface area contributed by atoms with Crippen LogP contribution in [0, 0.1) is 0 Å². The maximum atomic E-state index is 12.7. The molecule has 1 atom stereocenters. The number of hydrogen-bond donors (Lipinski definition) is 1. The molecule has 3 heterocycles. The van der Waals surface area contributed by atoms with Gasteiger partial charge in [0.25, 0.3) is 0 Å². The minimum Gasteiger partial charge on any atom is -0.497 e. The summed E-state index contributed by atoms with van der Waals surface area (Å²) < 4.78 is 10.7. The lowest BCUT2D eigenvalue weighted by Crippen LogP contribution is -2.40. The number of benzene rings is 1. The van der Waals surface area contributed by atoms with E-state index in [1.165, 1.54) is 21.8 Å². The van der Waals surface area contributed by atoms with Crippen molar-refractivity contribution in [3.63, 3.8) is 0 Å². The van der Waals surface area contributed by atoms with Gasteiger partial charge in [-0.1, -0.05) is 6.92 Å². The number of anilines is 1. The molecule has 1 aliphatic rings. The molecule has 1 N–H and O–H groups in total. The maximum Gasteiger partial charge on any atom is 0.240 e. The first kappa shape index (κ1) is 20.8. The molecule has 1 unspecified atom stereocenters. The van der Waals surface area contributed by atoms with E-state index < -0.39 is 0 Å². The van der Waals surface area contributed by atoms with E-state index in [-0.39, 0.29) is 5.91 Å². The van der Waals surface area contributed by atoms with Crippen molar-refractivity contribution in [2.75, 3.05) is 32.6 Å². The zero-order chi connectivity index (χ0) is 21.1. The Morgan fingerprint density at radius 3 is 2.90 bits per heavy atom. The summed E-state index contributed by atoms with van der Waals surface area (Å²) in [6, 6.07) is 8.12. The Morgan fingerprint density at radius 2 is 2.13 bits per heavy atom. The summed E-state index contributed by atoms with van der Waals surface area (Å²) in [6.45, 7) is 3.46. The van der Waals surface area contributed by atoms with Gasteiger partial charge in [-0.3, -0.25) is 9.69 Å². The van der Waals surface area contributed by atoms with E-state index in [1.54, 1.807) is 14.2 Å². The number of fused-ring (bicyclic) bond motifs is 1. The molecule has 158 valence electrons. The summed E-state index contributed by atoms with van der Waals surface area (Å²) in [4.78, 5) is 21.0. The smallest absolute Gasteiger partial charge is 0.240 e. The maximum absolute atomic E-state index is 12.7. The van der Waals surface area contributed by atoms with Crippen molar-refractivity contribution in [2.45, 2.75) is 25.8 Å². The fourth-order valence-corrected chi connectivity index (χ4v) is 5.58. The Kier molecular flexibility index (Phi) is 6.36. The summed E-state index contributed by atoms with van der Waals surface area (Å²) in [5.41, 5.74) is 3.01. The molecule has 0 spiro atoms. The molecule has 0 saturated heterocycles. The molecular weight excluding hydrogens is 418 g/mol. The number of thiophene rings is 1. The van der Waals surface area contributed by atoms with Crippen molar-refractivity contribution < 1.29 is 14.3 Å². The minimum atomic E-state index is -0.0327. The number of ether oxygens (including phenoxy) is 2. The van der Waals surface area contributed by atoms with E-state index in [9.17, 15) is 4.79 Å². The van der Waals surface area contributed by atoms with Gasteiger partial charge in [-0.15, -0.1) is 22.7 Å². The van der Waals surface area contributed by atoms with Gasteiger partial charge < -0.3 is 14.8 Å². The summed E-state index contributed by atoms with van der Waals surface area (Å²) in [5.74, 6) is 1.37. The zero-order valence-electron chi connectivity index (χ0n) is 17.3. The molecule has 1 aromatic carbocycles. The van der Waals surface area contributed by atoms with E-state index in [0.29, 0.717) is 23.5 Å². The fourth-order valence-electron chi connectivity index (χ4n) is 3.92. The van der Waals surface area contributed by atoms with E-state index >= 15 is 0 Å². The van der Waals surface area contributed by atoms with Crippen molar-refractivity contribution in [2.24, 2.45) is 0 Å². The van der Waals surface area contributed by atoms with Crippen molar-refractivity contribution in [1.29, 1.82) is 0 Å².